The molecule has 190 valence electrons. The van der Waals surface area contributed by atoms with Crippen molar-refractivity contribution in [2.75, 3.05) is 24.3 Å². The summed E-state index contributed by atoms with van der Waals surface area (Å²) in [5.74, 6) is 1.21. The van der Waals surface area contributed by atoms with Crippen LogP contribution in [0.15, 0.2) is 70.2 Å². The van der Waals surface area contributed by atoms with E-state index in [4.69, 9.17) is 9.47 Å². The van der Waals surface area contributed by atoms with Crippen LogP contribution in [0, 0.1) is 0 Å². The number of fused-ring (bicyclic) bond motifs is 1. The van der Waals surface area contributed by atoms with Gasteiger partial charge in [0.25, 0.3) is 0 Å². The molecule has 1 unspecified atom stereocenters. The number of aromatic nitrogens is 6. The van der Waals surface area contributed by atoms with Crippen LogP contribution >= 0.6 is 23.1 Å². The maximum absolute atomic E-state index is 13.3. The van der Waals surface area contributed by atoms with Gasteiger partial charge in [-0.2, -0.15) is 4.68 Å². The van der Waals surface area contributed by atoms with Crippen molar-refractivity contribution in [2.24, 2.45) is 0 Å². The standard InChI is InChI=1S/C25H25N7O3S2/c1-3-14-35-18-12-10-16(11-13-18)21-20(23(33)34-4-2)19(26-24-28-30-31-32(21)24)15-36-25-29-27-22(37-25)17-8-6-5-7-9-17/h5-13,21H,3-4,14-15H2,1-2H3,(H,26,28,31). The first-order chi connectivity index (χ1) is 18.2. The average molecular weight is 536 g/mol. The Morgan fingerprint density at radius 2 is 1.89 bits per heavy atom. The number of hydrogen-bond donors (Lipinski definition) is 1. The van der Waals surface area contributed by atoms with Crippen LogP contribution in [-0.2, 0) is 9.53 Å². The van der Waals surface area contributed by atoms with E-state index in [1.54, 1.807) is 11.6 Å². The van der Waals surface area contributed by atoms with E-state index in [9.17, 15) is 4.79 Å². The van der Waals surface area contributed by atoms with Crippen molar-refractivity contribution < 1.29 is 14.3 Å². The summed E-state index contributed by atoms with van der Waals surface area (Å²) in [5, 5.41) is 24.9. The third-order valence-electron chi connectivity index (χ3n) is 5.53. The Morgan fingerprint density at radius 1 is 1.08 bits per heavy atom. The van der Waals surface area contributed by atoms with Crippen LogP contribution in [-0.4, -0.2) is 55.3 Å². The lowest BCUT2D eigenvalue weighted by Gasteiger charge is -2.28. The summed E-state index contributed by atoms with van der Waals surface area (Å²) in [5.41, 5.74) is 2.97. The number of benzene rings is 2. The summed E-state index contributed by atoms with van der Waals surface area (Å²) in [7, 11) is 0. The highest BCUT2D eigenvalue weighted by atomic mass is 32.2. The molecule has 0 saturated carbocycles. The number of anilines is 1. The number of nitrogens with zero attached hydrogens (tertiary/aromatic N) is 6. The molecule has 0 radical (unpaired) electrons. The summed E-state index contributed by atoms with van der Waals surface area (Å²) in [6, 6.07) is 17.0. The molecular formula is C25H25N7O3S2. The molecule has 0 fully saturated rings. The van der Waals surface area contributed by atoms with Crippen LogP contribution in [0.5, 0.6) is 5.75 Å². The van der Waals surface area contributed by atoms with E-state index in [-0.39, 0.29) is 6.61 Å². The molecule has 12 heteroatoms. The van der Waals surface area contributed by atoms with E-state index in [0.29, 0.717) is 29.6 Å². The van der Waals surface area contributed by atoms with Crippen LogP contribution in [0.25, 0.3) is 10.6 Å². The van der Waals surface area contributed by atoms with Crippen molar-refractivity contribution >= 4 is 35.0 Å². The number of ether oxygens (including phenoxy) is 2. The summed E-state index contributed by atoms with van der Waals surface area (Å²) in [4.78, 5) is 13.3. The molecule has 1 aliphatic rings. The molecule has 1 aliphatic heterocycles. The second-order valence-corrected chi connectivity index (χ2v) is 10.2. The predicted octanol–water partition coefficient (Wildman–Crippen LogP) is 4.60. The van der Waals surface area contributed by atoms with Gasteiger partial charge in [-0.1, -0.05) is 77.6 Å². The predicted molar refractivity (Wildman–Crippen MR) is 142 cm³/mol. The number of hydrogen-bond acceptors (Lipinski definition) is 11. The normalized spacial score (nSPS) is 14.7. The van der Waals surface area contributed by atoms with Crippen LogP contribution in [0.4, 0.5) is 5.95 Å². The van der Waals surface area contributed by atoms with Gasteiger partial charge in [0.1, 0.15) is 16.8 Å². The number of carbonyl (C=O) groups is 1. The topological polar surface area (TPSA) is 117 Å². The van der Waals surface area contributed by atoms with E-state index in [1.165, 1.54) is 23.1 Å². The zero-order valence-electron chi connectivity index (χ0n) is 20.3. The van der Waals surface area contributed by atoms with Gasteiger partial charge in [0.2, 0.25) is 5.95 Å². The fourth-order valence-corrected chi connectivity index (χ4v) is 5.70. The molecule has 2 aromatic heterocycles. The molecule has 1 atom stereocenters. The van der Waals surface area contributed by atoms with Crippen LogP contribution in [0.2, 0.25) is 0 Å². The molecule has 37 heavy (non-hydrogen) atoms. The first-order valence-corrected chi connectivity index (χ1v) is 13.7. The number of nitrogens with one attached hydrogen (secondary N) is 1. The molecular weight excluding hydrogens is 510 g/mol. The molecule has 4 aromatic rings. The van der Waals surface area contributed by atoms with Crippen molar-refractivity contribution in [1.29, 1.82) is 0 Å². The van der Waals surface area contributed by atoms with Crippen LogP contribution in [0.3, 0.4) is 0 Å². The highest BCUT2D eigenvalue weighted by Crippen LogP contribution is 2.38. The molecule has 0 saturated heterocycles. The summed E-state index contributed by atoms with van der Waals surface area (Å²) >= 11 is 2.99. The van der Waals surface area contributed by atoms with Crippen molar-refractivity contribution in [2.45, 2.75) is 30.6 Å². The third kappa shape index (κ3) is 5.49. The SMILES string of the molecule is CCCOc1ccc(C2C(C(=O)OCC)=C(CSc3nnc(-c4ccccc4)s3)Nc3nnnn32)cc1. The third-order valence-corrected chi connectivity index (χ3v) is 7.66. The Bertz CT molecular complexity index is 1390. The van der Waals surface area contributed by atoms with Gasteiger partial charge in [-0.3, -0.25) is 0 Å². The Kier molecular flexibility index (Phi) is 7.76. The highest BCUT2D eigenvalue weighted by molar-refractivity contribution is 8.01. The monoisotopic (exact) mass is 535 g/mol. The second kappa shape index (κ2) is 11.5. The number of tetrazole rings is 1. The summed E-state index contributed by atoms with van der Waals surface area (Å²) < 4.78 is 13.6. The maximum atomic E-state index is 13.3. The first-order valence-electron chi connectivity index (χ1n) is 11.9. The highest BCUT2D eigenvalue weighted by Gasteiger charge is 2.36. The van der Waals surface area contributed by atoms with E-state index in [1.807, 2.05) is 54.6 Å². The molecule has 0 amide bonds. The lowest BCUT2D eigenvalue weighted by Crippen LogP contribution is -2.31. The Labute approximate surface area is 222 Å². The fraction of sp³-hybridized carbons (Fsp3) is 0.280. The molecule has 0 bridgehead atoms. The van der Waals surface area contributed by atoms with Gasteiger partial charge in [0.05, 0.1) is 18.8 Å². The van der Waals surface area contributed by atoms with E-state index < -0.39 is 12.0 Å². The molecule has 1 N–H and O–H groups in total. The van der Waals surface area contributed by atoms with Gasteiger partial charge in [-0.25, -0.2) is 4.79 Å². The molecule has 2 aromatic carbocycles. The zero-order valence-corrected chi connectivity index (χ0v) is 22.0. The molecule has 0 spiro atoms. The van der Waals surface area contributed by atoms with Gasteiger partial charge in [0, 0.05) is 17.0 Å². The minimum atomic E-state index is -0.560. The van der Waals surface area contributed by atoms with Crippen LogP contribution < -0.4 is 10.1 Å². The number of thioether (sulfide) groups is 1. The number of carbonyl (C=O) groups excluding carboxylic acids is 1. The lowest BCUT2D eigenvalue weighted by atomic mass is 9.95. The van der Waals surface area contributed by atoms with Gasteiger partial charge in [0.15, 0.2) is 4.34 Å². The molecule has 5 rings (SSSR count). The minimum Gasteiger partial charge on any atom is -0.494 e. The number of esters is 1. The van der Waals surface area contributed by atoms with Gasteiger partial charge in [-0.15, -0.1) is 10.2 Å². The molecule has 0 aliphatic carbocycles. The maximum Gasteiger partial charge on any atom is 0.338 e. The van der Waals surface area contributed by atoms with Crippen molar-refractivity contribution in [3.8, 4) is 16.3 Å². The first kappa shape index (κ1) is 24.9. The minimum absolute atomic E-state index is 0.249. The van der Waals surface area contributed by atoms with E-state index in [2.05, 4.69) is 38.0 Å². The Balaban J connectivity index is 1.46. The summed E-state index contributed by atoms with van der Waals surface area (Å²) in [6.07, 6.45) is 0.919. The Morgan fingerprint density at radius 3 is 2.65 bits per heavy atom. The number of rotatable bonds is 10. The Hall–Kier alpha value is -3.77. The van der Waals surface area contributed by atoms with Crippen molar-refractivity contribution in [1.82, 2.24) is 30.4 Å². The van der Waals surface area contributed by atoms with Gasteiger partial charge in [-0.05, 0) is 41.5 Å². The van der Waals surface area contributed by atoms with Crippen molar-refractivity contribution in [3.63, 3.8) is 0 Å². The van der Waals surface area contributed by atoms with Gasteiger partial charge < -0.3 is 14.8 Å². The van der Waals surface area contributed by atoms with E-state index >= 15 is 0 Å². The smallest absolute Gasteiger partial charge is 0.338 e. The fourth-order valence-electron chi connectivity index (χ4n) is 3.87. The quantitative estimate of drug-likeness (QED) is 0.228. The second-order valence-electron chi connectivity index (χ2n) is 8.03. The average Bonchev–Trinajstić information content (AvgIpc) is 3.60. The van der Waals surface area contributed by atoms with E-state index in [0.717, 1.165) is 32.6 Å². The van der Waals surface area contributed by atoms with Gasteiger partial charge >= 0.3 is 5.97 Å². The largest absolute Gasteiger partial charge is 0.494 e. The van der Waals surface area contributed by atoms with Crippen LogP contribution in [0.1, 0.15) is 31.9 Å². The zero-order chi connectivity index (χ0) is 25.6. The molecule has 10 nitrogen and oxygen atoms in total. The summed E-state index contributed by atoms with van der Waals surface area (Å²) in [6.45, 7) is 4.73. The molecule has 3 heterocycles. The van der Waals surface area contributed by atoms with Crippen molar-refractivity contribution in [3.05, 3.63) is 71.4 Å². The lowest BCUT2D eigenvalue weighted by molar-refractivity contribution is -0.139.